The molecule has 1 aromatic heterocycles. The van der Waals surface area contributed by atoms with Crippen molar-refractivity contribution in [3.05, 3.63) is 42.1 Å². The van der Waals surface area contributed by atoms with Crippen LogP contribution in [0.3, 0.4) is 0 Å². The largest absolute Gasteiger partial charge is 0.419 e. The average molecular weight is 284 g/mol. The van der Waals surface area contributed by atoms with Crippen molar-refractivity contribution in [1.82, 2.24) is 4.98 Å². The van der Waals surface area contributed by atoms with Gasteiger partial charge in [-0.25, -0.2) is 0 Å². The second-order valence-electron chi connectivity index (χ2n) is 4.87. The number of aromatic nitrogens is 1. The molecule has 1 heterocycles. The summed E-state index contributed by atoms with van der Waals surface area (Å²) in [6, 6.07) is 6.88. The second kappa shape index (κ2) is 5.03. The van der Waals surface area contributed by atoms with E-state index >= 15 is 0 Å². The summed E-state index contributed by atoms with van der Waals surface area (Å²) in [5.74, 6) is 0. The normalized spacial score (nSPS) is 16.9. The van der Waals surface area contributed by atoms with E-state index in [9.17, 15) is 18.3 Å². The molecule has 0 saturated heterocycles. The summed E-state index contributed by atoms with van der Waals surface area (Å²) < 4.78 is 39.3. The Morgan fingerprint density at radius 2 is 1.90 bits per heavy atom. The summed E-state index contributed by atoms with van der Waals surface area (Å²) in [5, 5.41) is 10.5. The van der Waals surface area contributed by atoms with Crippen LogP contribution in [0, 0.1) is 0 Å². The molecule has 0 radical (unpaired) electrons. The standard InChI is InChI=1S/C14H15F3N2O/c1-9(18)13(20,14(15,16)17)8-10-6-7-19-12-5-3-2-4-11(10)12/h2-7,9,20H,8,18H2,1H3. The van der Waals surface area contributed by atoms with E-state index in [1.165, 1.54) is 12.3 Å². The fourth-order valence-electron chi connectivity index (χ4n) is 2.12. The summed E-state index contributed by atoms with van der Waals surface area (Å²) in [4.78, 5) is 4.08. The fraction of sp³-hybridized carbons (Fsp3) is 0.357. The number of rotatable bonds is 3. The van der Waals surface area contributed by atoms with Gasteiger partial charge in [0.2, 0.25) is 0 Å². The quantitative estimate of drug-likeness (QED) is 0.910. The smallest absolute Gasteiger partial charge is 0.379 e. The Morgan fingerprint density at radius 1 is 1.25 bits per heavy atom. The minimum atomic E-state index is -4.80. The van der Waals surface area contributed by atoms with Gasteiger partial charge in [-0.2, -0.15) is 13.2 Å². The van der Waals surface area contributed by atoms with Crippen LogP contribution in [0.2, 0.25) is 0 Å². The molecule has 108 valence electrons. The van der Waals surface area contributed by atoms with Crippen LogP contribution in [0.1, 0.15) is 12.5 Å². The Labute approximate surface area is 114 Å². The van der Waals surface area contributed by atoms with Crippen molar-refractivity contribution in [1.29, 1.82) is 0 Å². The number of hydrogen-bond acceptors (Lipinski definition) is 3. The number of hydrogen-bond donors (Lipinski definition) is 2. The number of benzene rings is 1. The van der Waals surface area contributed by atoms with Crippen molar-refractivity contribution in [2.75, 3.05) is 0 Å². The van der Waals surface area contributed by atoms with Crippen molar-refractivity contribution in [3.63, 3.8) is 0 Å². The molecule has 2 aromatic rings. The molecule has 20 heavy (non-hydrogen) atoms. The molecule has 0 aliphatic rings. The molecule has 2 rings (SSSR count). The van der Waals surface area contributed by atoms with Crippen LogP contribution in [-0.4, -0.2) is 27.9 Å². The molecule has 0 aliphatic heterocycles. The molecule has 3 N–H and O–H groups in total. The van der Waals surface area contributed by atoms with Gasteiger partial charge in [0.25, 0.3) is 0 Å². The highest BCUT2D eigenvalue weighted by Gasteiger charge is 2.56. The van der Waals surface area contributed by atoms with Gasteiger partial charge in [0.1, 0.15) is 0 Å². The number of pyridine rings is 1. The van der Waals surface area contributed by atoms with Gasteiger partial charge >= 0.3 is 6.18 Å². The fourth-order valence-corrected chi connectivity index (χ4v) is 2.12. The first kappa shape index (κ1) is 14.7. The first-order chi connectivity index (χ1) is 9.25. The predicted molar refractivity (Wildman–Crippen MR) is 70.1 cm³/mol. The molecular weight excluding hydrogens is 269 g/mol. The number of fused-ring (bicyclic) bond motifs is 1. The molecule has 0 spiro atoms. The minimum Gasteiger partial charge on any atom is -0.379 e. The van der Waals surface area contributed by atoms with E-state index in [0.717, 1.165) is 6.92 Å². The number of alkyl halides is 3. The van der Waals surface area contributed by atoms with Crippen molar-refractivity contribution in [2.24, 2.45) is 5.73 Å². The Balaban J connectivity index is 2.50. The van der Waals surface area contributed by atoms with Crippen molar-refractivity contribution >= 4 is 10.9 Å². The van der Waals surface area contributed by atoms with Crippen LogP contribution >= 0.6 is 0 Å². The lowest BCUT2D eigenvalue weighted by molar-refractivity contribution is -0.265. The second-order valence-corrected chi connectivity index (χ2v) is 4.87. The van der Waals surface area contributed by atoms with E-state index in [1.807, 2.05) is 0 Å². The third kappa shape index (κ3) is 2.48. The van der Waals surface area contributed by atoms with Gasteiger partial charge in [-0.05, 0) is 24.6 Å². The highest BCUT2D eigenvalue weighted by Crippen LogP contribution is 2.36. The third-order valence-electron chi connectivity index (χ3n) is 3.44. The molecule has 3 nitrogen and oxygen atoms in total. The molecule has 1 aromatic carbocycles. The first-order valence-electron chi connectivity index (χ1n) is 6.13. The highest BCUT2D eigenvalue weighted by atomic mass is 19.4. The maximum absolute atomic E-state index is 13.1. The van der Waals surface area contributed by atoms with Crippen molar-refractivity contribution < 1.29 is 18.3 Å². The lowest BCUT2D eigenvalue weighted by Crippen LogP contribution is -2.58. The van der Waals surface area contributed by atoms with Crippen LogP contribution in [0.15, 0.2) is 36.5 Å². The number of nitrogens with zero attached hydrogens (tertiary/aromatic N) is 1. The molecule has 2 unspecified atom stereocenters. The van der Waals surface area contributed by atoms with Crippen molar-refractivity contribution in [2.45, 2.75) is 31.2 Å². The zero-order valence-electron chi connectivity index (χ0n) is 10.9. The van der Waals surface area contributed by atoms with Gasteiger partial charge < -0.3 is 10.8 Å². The van der Waals surface area contributed by atoms with Crippen LogP contribution in [-0.2, 0) is 6.42 Å². The van der Waals surface area contributed by atoms with Gasteiger partial charge in [-0.15, -0.1) is 0 Å². The van der Waals surface area contributed by atoms with Gasteiger partial charge in [0, 0.05) is 24.0 Å². The number of halogens is 3. The van der Waals surface area contributed by atoms with Gasteiger partial charge in [0.15, 0.2) is 5.60 Å². The number of para-hydroxylation sites is 1. The highest BCUT2D eigenvalue weighted by molar-refractivity contribution is 5.81. The molecule has 0 aliphatic carbocycles. The summed E-state index contributed by atoms with van der Waals surface area (Å²) in [6.07, 6.45) is -3.97. The lowest BCUT2D eigenvalue weighted by atomic mass is 9.86. The van der Waals surface area contributed by atoms with Crippen LogP contribution in [0.25, 0.3) is 10.9 Å². The molecular formula is C14H15F3N2O. The van der Waals surface area contributed by atoms with E-state index in [0.29, 0.717) is 16.5 Å². The van der Waals surface area contributed by atoms with E-state index in [2.05, 4.69) is 4.98 Å². The Hall–Kier alpha value is -1.66. The maximum Gasteiger partial charge on any atom is 0.419 e. The van der Waals surface area contributed by atoms with Crippen LogP contribution in [0.4, 0.5) is 13.2 Å². The van der Waals surface area contributed by atoms with Gasteiger partial charge in [-0.1, -0.05) is 18.2 Å². The van der Waals surface area contributed by atoms with Crippen LogP contribution < -0.4 is 5.73 Å². The predicted octanol–water partition coefficient (Wildman–Crippen LogP) is 2.42. The molecule has 0 amide bonds. The zero-order chi connectivity index (χ0) is 15.0. The summed E-state index contributed by atoms with van der Waals surface area (Å²) in [5.41, 5.74) is 3.35. The van der Waals surface area contributed by atoms with E-state index < -0.39 is 24.2 Å². The number of aliphatic hydroxyl groups is 1. The molecule has 0 fully saturated rings. The van der Waals surface area contributed by atoms with Gasteiger partial charge in [0.05, 0.1) is 5.52 Å². The minimum absolute atomic E-state index is 0.368. The Morgan fingerprint density at radius 3 is 2.50 bits per heavy atom. The molecule has 0 saturated carbocycles. The van der Waals surface area contributed by atoms with E-state index in [1.54, 1.807) is 24.3 Å². The number of nitrogens with two attached hydrogens (primary N) is 1. The maximum atomic E-state index is 13.1. The van der Waals surface area contributed by atoms with Crippen LogP contribution in [0.5, 0.6) is 0 Å². The topological polar surface area (TPSA) is 59.1 Å². The molecule has 0 bridgehead atoms. The first-order valence-corrected chi connectivity index (χ1v) is 6.13. The van der Waals surface area contributed by atoms with Gasteiger partial charge in [-0.3, -0.25) is 4.98 Å². The Kier molecular flexibility index (Phi) is 3.71. The van der Waals surface area contributed by atoms with Crippen molar-refractivity contribution in [3.8, 4) is 0 Å². The monoisotopic (exact) mass is 284 g/mol. The summed E-state index contributed by atoms with van der Waals surface area (Å²) in [7, 11) is 0. The average Bonchev–Trinajstić information content (AvgIpc) is 2.37. The molecule has 2 atom stereocenters. The molecule has 6 heteroatoms. The Bertz CT molecular complexity index is 607. The zero-order valence-corrected chi connectivity index (χ0v) is 10.9. The van der Waals surface area contributed by atoms with E-state index in [-0.39, 0.29) is 0 Å². The third-order valence-corrected chi connectivity index (χ3v) is 3.44. The summed E-state index contributed by atoms with van der Waals surface area (Å²) >= 11 is 0. The SMILES string of the molecule is CC(N)C(O)(Cc1ccnc2ccccc12)C(F)(F)F. The lowest BCUT2D eigenvalue weighted by Gasteiger charge is -2.34. The summed E-state index contributed by atoms with van der Waals surface area (Å²) in [6.45, 7) is 1.15. The van der Waals surface area contributed by atoms with E-state index in [4.69, 9.17) is 5.73 Å².